The first kappa shape index (κ1) is 14.6. The second-order valence-electron chi connectivity index (χ2n) is 4.77. The summed E-state index contributed by atoms with van der Waals surface area (Å²) < 4.78 is 9.22. The summed E-state index contributed by atoms with van der Waals surface area (Å²) in [5.41, 5.74) is 2.26. The SMILES string of the molecule is CC(C)c1nc(Br)cc(Nc2c(Cl)ccc3nsnc23)n1. The molecule has 0 amide bonds. The molecule has 0 saturated carbocycles. The highest BCUT2D eigenvalue weighted by Crippen LogP contribution is 2.32. The lowest BCUT2D eigenvalue weighted by Gasteiger charge is -2.11. The van der Waals surface area contributed by atoms with Gasteiger partial charge in [0.2, 0.25) is 0 Å². The molecule has 2 aromatic heterocycles. The number of fused-ring (bicyclic) bond motifs is 1. The molecule has 5 nitrogen and oxygen atoms in total. The molecule has 0 saturated heterocycles. The van der Waals surface area contributed by atoms with Gasteiger partial charge in [-0.3, -0.25) is 0 Å². The Labute approximate surface area is 139 Å². The van der Waals surface area contributed by atoms with Crippen molar-refractivity contribution >= 4 is 61.8 Å². The molecule has 1 N–H and O–H groups in total. The highest BCUT2D eigenvalue weighted by Gasteiger charge is 2.13. The van der Waals surface area contributed by atoms with Crippen LogP contribution in [0.15, 0.2) is 22.8 Å². The van der Waals surface area contributed by atoms with Gasteiger partial charge in [-0.1, -0.05) is 25.4 Å². The van der Waals surface area contributed by atoms with Crippen LogP contribution in [0, 0.1) is 0 Å². The number of aromatic nitrogens is 4. The largest absolute Gasteiger partial charge is 0.337 e. The van der Waals surface area contributed by atoms with Crippen molar-refractivity contribution in [3.63, 3.8) is 0 Å². The number of rotatable bonds is 3. The van der Waals surface area contributed by atoms with E-state index >= 15 is 0 Å². The van der Waals surface area contributed by atoms with Gasteiger partial charge in [0.15, 0.2) is 0 Å². The molecule has 3 aromatic rings. The van der Waals surface area contributed by atoms with Crippen molar-refractivity contribution in [3.8, 4) is 0 Å². The summed E-state index contributed by atoms with van der Waals surface area (Å²) in [6.07, 6.45) is 0. The minimum Gasteiger partial charge on any atom is -0.337 e. The zero-order valence-electron chi connectivity index (χ0n) is 11.3. The molecule has 0 unspecified atom stereocenters. The van der Waals surface area contributed by atoms with Crippen molar-refractivity contribution in [2.75, 3.05) is 5.32 Å². The Morgan fingerprint density at radius 1 is 1.24 bits per heavy atom. The normalized spacial score (nSPS) is 11.3. The topological polar surface area (TPSA) is 63.6 Å². The van der Waals surface area contributed by atoms with Gasteiger partial charge in [0.25, 0.3) is 0 Å². The van der Waals surface area contributed by atoms with E-state index in [2.05, 4.69) is 40.0 Å². The number of nitrogens with zero attached hydrogens (tertiary/aromatic N) is 4. The van der Waals surface area contributed by atoms with E-state index in [1.807, 2.05) is 19.9 Å². The molecular formula is C13H11BrClN5S. The molecular weight excluding hydrogens is 374 g/mol. The molecule has 8 heteroatoms. The second-order valence-corrected chi connectivity index (χ2v) is 6.52. The van der Waals surface area contributed by atoms with Gasteiger partial charge in [-0.25, -0.2) is 9.97 Å². The second kappa shape index (κ2) is 5.82. The Morgan fingerprint density at radius 2 is 2.05 bits per heavy atom. The molecule has 2 heterocycles. The van der Waals surface area contributed by atoms with Crippen LogP contribution in [0.3, 0.4) is 0 Å². The molecule has 0 atom stereocenters. The predicted molar refractivity (Wildman–Crippen MR) is 89.5 cm³/mol. The van der Waals surface area contributed by atoms with Crippen LogP contribution >= 0.6 is 39.3 Å². The summed E-state index contributed by atoms with van der Waals surface area (Å²) in [5.74, 6) is 1.66. The van der Waals surface area contributed by atoms with Gasteiger partial charge in [-0.05, 0) is 28.1 Å². The standard InChI is InChI=1S/C13H11BrClN5S/c1-6(2)13-16-9(14)5-10(18-13)17-11-7(15)3-4-8-12(11)20-21-19-8/h3-6H,1-2H3,(H,16,17,18). The van der Waals surface area contributed by atoms with Crippen molar-refractivity contribution in [1.29, 1.82) is 0 Å². The van der Waals surface area contributed by atoms with Crippen LogP contribution in [-0.4, -0.2) is 18.7 Å². The van der Waals surface area contributed by atoms with E-state index in [0.29, 0.717) is 16.5 Å². The van der Waals surface area contributed by atoms with Gasteiger partial charge < -0.3 is 5.32 Å². The lowest BCUT2D eigenvalue weighted by molar-refractivity contribution is 0.771. The summed E-state index contributed by atoms with van der Waals surface area (Å²) in [7, 11) is 0. The molecule has 1 aromatic carbocycles. The van der Waals surface area contributed by atoms with Crippen molar-refractivity contribution < 1.29 is 0 Å². The van der Waals surface area contributed by atoms with E-state index in [4.69, 9.17) is 11.6 Å². The third kappa shape index (κ3) is 3.00. The molecule has 0 aliphatic carbocycles. The Bertz CT molecular complexity index is 804. The first-order valence-corrected chi connectivity index (χ1v) is 8.17. The van der Waals surface area contributed by atoms with Gasteiger partial charge in [-0.2, -0.15) is 8.75 Å². The molecule has 0 spiro atoms. The average Bonchev–Trinajstić information content (AvgIpc) is 2.90. The van der Waals surface area contributed by atoms with Crippen LogP contribution < -0.4 is 5.32 Å². The maximum absolute atomic E-state index is 6.27. The fourth-order valence-electron chi connectivity index (χ4n) is 1.83. The van der Waals surface area contributed by atoms with E-state index in [0.717, 1.165) is 33.2 Å². The van der Waals surface area contributed by atoms with Crippen molar-refractivity contribution in [1.82, 2.24) is 18.7 Å². The predicted octanol–water partition coefficient (Wildman–Crippen LogP) is 4.76. The van der Waals surface area contributed by atoms with E-state index in [1.165, 1.54) is 0 Å². The van der Waals surface area contributed by atoms with E-state index < -0.39 is 0 Å². The first-order chi connectivity index (χ1) is 10.0. The lowest BCUT2D eigenvalue weighted by atomic mass is 10.2. The van der Waals surface area contributed by atoms with Crippen LogP contribution in [0.4, 0.5) is 11.5 Å². The minimum atomic E-state index is 0.232. The van der Waals surface area contributed by atoms with E-state index in [9.17, 15) is 0 Å². The van der Waals surface area contributed by atoms with Crippen molar-refractivity contribution in [2.45, 2.75) is 19.8 Å². The molecule has 21 heavy (non-hydrogen) atoms. The molecule has 0 aliphatic rings. The van der Waals surface area contributed by atoms with Crippen LogP contribution in [-0.2, 0) is 0 Å². The van der Waals surface area contributed by atoms with Crippen LogP contribution in [0.5, 0.6) is 0 Å². The summed E-state index contributed by atoms with van der Waals surface area (Å²) in [6.45, 7) is 4.09. The molecule has 0 fully saturated rings. The zero-order chi connectivity index (χ0) is 15.0. The van der Waals surface area contributed by atoms with Crippen molar-refractivity contribution in [3.05, 3.63) is 33.6 Å². The lowest BCUT2D eigenvalue weighted by Crippen LogP contribution is -2.03. The van der Waals surface area contributed by atoms with Gasteiger partial charge in [-0.15, -0.1) is 0 Å². The first-order valence-electron chi connectivity index (χ1n) is 6.27. The van der Waals surface area contributed by atoms with Gasteiger partial charge >= 0.3 is 0 Å². The number of halogens is 2. The number of benzene rings is 1. The maximum Gasteiger partial charge on any atom is 0.135 e. The monoisotopic (exact) mass is 383 g/mol. The Hall–Kier alpha value is -1.31. The molecule has 108 valence electrons. The summed E-state index contributed by atoms with van der Waals surface area (Å²) in [6, 6.07) is 5.45. The van der Waals surface area contributed by atoms with E-state index in [-0.39, 0.29) is 5.92 Å². The smallest absolute Gasteiger partial charge is 0.135 e. The summed E-state index contributed by atoms with van der Waals surface area (Å²) in [5, 5.41) is 3.81. The highest BCUT2D eigenvalue weighted by atomic mass is 79.9. The number of hydrogen-bond acceptors (Lipinski definition) is 6. The summed E-state index contributed by atoms with van der Waals surface area (Å²) in [4.78, 5) is 8.86. The van der Waals surface area contributed by atoms with Gasteiger partial charge in [0.05, 0.1) is 22.4 Å². The molecule has 3 rings (SSSR count). The Morgan fingerprint density at radius 3 is 2.81 bits per heavy atom. The third-order valence-electron chi connectivity index (χ3n) is 2.86. The number of nitrogens with one attached hydrogen (secondary N) is 1. The van der Waals surface area contributed by atoms with E-state index in [1.54, 1.807) is 12.1 Å². The highest BCUT2D eigenvalue weighted by molar-refractivity contribution is 9.10. The van der Waals surface area contributed by atoms with Crippen LogP contribution in [0.2, 0.25) is 5.02 Å². The fraction of sp³-hybridized carbons (Fsp3) is 0.231. The number of anilines is 2. The third-order valence-corrected chi connectivity index (χ3v) is 4.12. The van der Waals surface area contributed by atoms with Crippen LogP contribution in [0.1, 0.15) is 25.6 Å². The Kier molecular flexibility index (Phi) is 4.05. The van der Waals surface area contributed by atoms with Crippen LogP contribution in [0.25, 0.3) is 11.0 Å². The average molecular weight is 385 g/mol. The molecule has 0 bridgehead atoms. The van der Waals surface area contributed by atoms with Gasteiger partial charge in [0.1, 0.15) is 27.3 Å². The van der Waals surface area contributed by atoms with Gasteiger partial charge in [0, 0.05) is 12.0 Å². The minimum absolute atomic E-state index is 0.232. The molecule has 0 radical (unpaired) electrons. The molecule has 0 aliphatic heterocycles. The Balaban J connectivity index is 2.06. The zero-order valence-corrected chi connectivity index (χ0v) is 14.4. The number of hydrogen-bond donors (Lipinski definition) is 1. The maximum atomic E-state index is 6.27. The fourth-order valence-corrected chi connectivity index (χ4v) is 2.97. The summed E-state index contributed by atoms with van der Waals surface area (Å²) >= 11 is 10.8. The quantitative estimate of drug-likeness (QED) is 0.659. The van der Waals surface area contributed by atoms with Crippen molar-refractivity contribution in [2.24, 2.45) is 0 Å².